The maximum absolute atomic E-state index is 2.55. The summed E-state index contributed by atoms with van der Waals surface area (Å²) in [5.41, 5.74) is 14.5. The van der Waals surface area contributed by atoms with Crippen LogP contribution in [0.1, 0.15) is 0 Å². The van der Waals surface area contributed by atoms with E-state index in [1.54, 1.807) is 0 Å². The molecule has 9 aromatic carbocycles. The Hall–Kier alpha value is -7.82. The zero-order chi connectivity index (χ0) is 37.6. The highest BCUT2D eigenvalue weighted by atomic mass is 15.1. The molecule has 58 heavy (non-hydrogen) atoms. The van der Waals surface area contributed by atoms with Crippen LogP contribution >= 0.6 is 0 Å². The lowest BCUT2D eigenvalue weighted by Gasteiger charge is -2.26. The second-order valence-corrected chi connectivity index (χ2v) is 15.7. The molecule has 0 aliphatic heterocycles. The average Bonchev–Trinajstić information content (AvgIpc) is 4.07. The van der Waals surface area contributed by atoms with Crippen molar-refractivity contribution in [2.24, 2.45) is 0 Å². The molecule has 0 saturated carbocycles. The van der Waals surface area contributed by atoms with E-state index in [-0.39, 0.29) is 0 Å². The molecule has 0 unspecified atom stereocenters. The van der Waals surface area contributed by atoms with Crippen LogP contribution in [0, 0.1) is 0 Å². The third-order valence-corrected chi connectivity index (χ3v) is 12.8. The van der Waals surface area contributed by atoms with Gasteiger partial charge in [-0.05, 0) is 78.9 Å². The van der Waals surface area contributed by atoms with Crippen LogP contribution in [0.15, 0.2) is 194 Å². The van der Waals surface area contributed by atoms with E-state index < -0.39 is 0 Å². The van der Waals surface area contributed by atoms with E-state index in [1.165, 1.54) is 109 Å². The van der Waals surface area contributed by atoms with E-state index >= 15 is 0 Å². The molecule has 0 fully saturated rings. The highest BCUT2D eigenvalue weighted by Gasteiger charge is 2.28. The Bertz CT molecular complexity index is 3910. The van der Waals surface area contributed by atoms with Crippen molar-refractivity contribution < 1.29 is 0 Å². The summed E-state index contributed by atoms with van der Waals surface area (Å²) < 4.78 is 7.55. The highest BCUT2D eigenvalue weighted by molar-refractivity contribution is 6.37. The first kappa shape index (κ1) is 30.4. The van der Waals surface area contributed by atoms with Gasteiger partial charge in [0.2, 0.25) is 0 Å². The zero-order valence-electron chi connectivity index (χ0n) is 31.3. The maximum Gasteiger partial charge on any atom is 0.0641 e. The zero-order valence-corrected chi connectivity index (χ0v) is 31.3. The number of hydrogen-bond donors (Lipinski definition) is 0. The van der Waals surface area contributed by atoms with Crippen molar-refractivity contribution in [3.63, 3.8) is 0 Å². The minimum absolute atomic E-state index is 1.13. The topological polar surface area (TPSA) is 17.0 Å². The van der Waals surface area contributed by atoms with E-state index in [0.717, 1.165) is 11.4 Å². The summed E-state index contributed by atoms with van der Waals surface area (Å²) >= 11 is 0. The molecule has 14 rings (SSSR count). The summed E-state index contributed by atoms with van der Waals surface area (Å²) in [5, 5.41) is 12.8. The van der Waals surface area contributed by atoms with Crippen LogP contribution in [0.4, 0.5) is 17.1 Å². The second kappa shape index (κ2) is 10.9. The largest absolute Gasteiger partial charge is 0.310 e. The van der Waals surface area contributed by atoms with Gasteiger partial charge in [0.25, 0.3) is 0 Å². The van der Waals surface area contributed by atoms with E-state index in [4.69, 9.17) is 0 Å². The van der Waals surface area contributed by atoms with Crippen molar-refractivity contribution >= 4 is 115 Å². The van der Waals surface area contributed by atoms with E-state index in [0.29, 0.717) is 0 Å². The Morgan fingerprint density at radius 1 is 0.293 bits per heavy atom. The number of aromatic nitrogens is 3. The molecule has 4 heteroatoms. The van der Waals surface area contributed by atoms with Gasteiger partial charge >= 0.3 is 0 Å². The van der Waals surface area contributed by atoms with Crippen LogP contribution in [0.3, 0.4) is 0 Å². The smallest absolute Gasteiger partial charge is 0.0641 e. The number of rotatable bonds is 4. The lowest BCUT2D eigenvalue weighted by molar-refractivity contribution is 1.18. The first-order valence-corrected chi connectivity index (χ1v) is 20.0. The Morgan fingerprint density at radius 3 is 1.52 bits per heavy atom. The fraction of sp³-hybridized carbons (Fsp3) is 0. The number of benzene rings is 9. The molecule has 268 valence electrons. The molecule has 14 aromatic rings. The van der Waals surface area contributed by atoms with Gasteiger partial charge in [-0.15, -0.1) is 0 Å². The van der Waals surface area contributed by atoms with Gasteiger partial charge in [0, 0.05) is 70.9 Å². The van der Waals surface area contributed by atoms with Crippen LogP contribution in [0.5, 0.6) is 0 Å². The van der Waals surface area contributed by atoms with E-state index in [9.17, 15) is 0 Å². The fourth-order valence-electron chi connectivity index (χ4n) is 10.6. The fourth-order valence-corrected chi connectivity index (χ4v) is 10.6. The van der Waals surface area contributed by atoms with Crippen LogP contribution in [-0.4, -0.2) is 13.4 Å². The van der Waals surface area contributed by atoms with Crippen molar-refractivity contribution in [3.05, 3.63) is 194 Å². The van der Waals surface area contributed by atoms with Gasteiger partial charge in [-0.2, -0.15) is 0 Å². The predicted molar refractivity (Wildman–Crippen MR) is 245 cm³/mol. The molecule has 4 nitrogen and oxygen atoms in total. The molecule has 0 atom stereocenters. The summed E-state index contributed by atoms with van der Waals surface area (Å²) in [6, 6.07) is 71.4. The van der Waals surface area contributed by atoms with Crippen molar-refractivity contribution in [3.8, 4) is 5.69 Å². The van der Waals surface area contributed by atoms with Gasteiger partial charge in [-0.25, -0.2) is 0 Å². The molecule has 0 radical (unpaired) electrons. The summed E-state index contributed by atoms with van der Waals surface area (Å²) in [5.74, 6) is 0. The molecule has 0 aliphatic carbocycles. The first-order valence-electron chi connectivity index (χ1n) is 20.0. The van der Waals surface area contributed by atoms with Gasteiger partial charge < -0.3 is 18.3 Å². The minimum atomic E-state index is 1.13. The molecular weight excluding hydrogens is 705 g/mol. The number of fused-ring (bicyclic) bond motifs is 16. The summed E-state index contributed by atoms with van der Waals surface area (Å²) in [6.07, 6.45) is 0. The number of anilines is 3. The van der Waals surface area contributed by atoms with Gasteiger partial charge in [0.1, 0.15) is 0 Å². The van der Waals surface area contributed by atoms with Crippen LogP contribution in [0.25, 0.3) is 104 Å². The summed E-state index contributed by atoms with van der Waals surface area (Å²) in [4.78, 5) is 2.41. The molecule has 0 bridgehead atoms. The van der Waals surface area contributed by atoms with Gasteiger partial charge in [-0.3, -0.25) is 0 Å². The van der Waals surface area contributed by atoms with Crippen LogP contribution < -0.4 is 4.90 Å². The first-order chi connectivity index (χ1) is 28.8. The Morgan fingerprint density at radius 2 is 0.828 bits per heavy atom. The number of para-hydroxylation sites is 6. The van der Waals surface area contributed by atoms with Crippen molar-refractivity contribution in [2.45, 2.75) is 0 Å². The Balaban J connectivity index is 1.18. The predicted octanol–water partition coefficient (Wildman–Crippen LogP) is 14.6. The number of hydrogen-bond acceptors (Lipinski definition) is 1. The molecular formula is C54H32N4. The molecule has 0 spiro atoms. The highest BCUT2D eigenvalue weighted by Crippen LogP contribution is 2.51. The van der Waals surface area contributed by atoms with Crippen LogP contribution in [0.2, 0.25) is 0 Å². The standard InChI is InChI=1S/C54H32N4/c1-4-16-33(17-5-1)55(34-18-6-2-7-19-34)46-29-28-37-40-30-42-48(32-47(40)58-45-27-15-12-24-39(45)51(46)53(37)58)57-43-25-13-10-22-36(43)41-31-49-50(52(42)54(41)57)38-23-11-14-26-44(38)56(49)35-20-8-3-9-21-35/h1-32H. The van der Waals surface area contributed by atoms with Crippen LogP contribution in [-0.2, 0) is 0 Å². The summed E-state index contributed by atoms with van der Waals surface area (Å²) in [6.45, 7) is 0. The third kappa shape index (κ3) is 3.70. The second-order valence-electron chi connectivity index (χ2n) is 15.7. The summed E-state index contributed by atoms with van der Waals surface area (Å²) in [7, 11) is 0. The minimum Gasteiger partial charge on any atom is -0.310 e. The third-order valence-electron chi connectivity index (χ3n) is 12.8. The molecule has 0 N–H and O–H groups in total. The van der Waals surface area contributed by atoms with Crippen molar-refractivity contribution in [2.75, 3.05) is 4.90 Å². The van der Waals surface area contributed by atoms with Crippen molar-refractivity contribution in [1.29, 1.82) is 0 Å². The van der Waals surface area contributed by atoms with Crippen molar-refractivity contribution in [1.82, 2.24) is 13.4 Å². The molecule has 0 saturated heterocycles. The van der Waals surface area contributed by atoms with Gasteiger partial charge in [0.15, 0.2) is 0 Å². The Labute approximate surface area is 331 Å². The monoisotopic (exact) mass is 736 g/mol. The molecule has 0 amide bonds. The molecule has 5 heterocycles. The van der Waals surface area contributed by atoms with E-state index in [1.807, 2.05) is 0 Å². The quantitative estimate of drug-likeness (QED) is 0.176. The lowest BCUT2D eigenvalue weighted by atomic mass is 10.00. The average molecular weight is 737 g/mol. The molecule has 0 aliphatic rings. The SMILES string of the molecule is c1ccc(N(c2ccccc2)c2ccc3c4cc5c6c7c8ccccc8n(-c8ccccc8)c7cc7c8ccccc8n(c5cc4n4c5ccccc5c2c34)c76)cc1. The molecule has 5 aromatic heterocycles. The lowest BCUT2D eigenvalue weighted by Crippen LogP contribution is -2.10. The van der Waals surface area contributed by atoms with E-state index in [2.05, 4.69) is 212 Å². The number of nitrogens with zero attached hydrogens (tertiary/aromatic N) is 4. The van der Waals surface area contributed by atoms with Gasteiger partial charge in [-0.1, -0.05) is 115 Å². The van der Waals surface area contributed by atoms with Gasteiger partial charge in [0.05, 0.1) is 49.8 Å². The normalized spacial score (nSPS) is 12.5. The Kier molecular flexibility index (Phi) is 5.73. The maximum atomic E-state index is 2.55.